The van der Waals surface area contributed by atoms with Gasteiger partial charge in [-0.05, 0) is 54.4 Å². The van der Waals surface area contributed by atoms with Crippen LogP contribution in [0.25, 0.3) is 10.4 Å². The third-order valence-corrected chi connectivity index (χ3v) is 5.85. The van der Waals surface area contributed by atoms with Gasteiger partial charge in [-0.15, -0.1) is 0 Å². The lowest BCUT2D eigenvalue weighted by molar-refractivity contribution is 0.330. The van der Waals surface area contributed by atoms with Crippen molar-refractivity contribution in [2.24, 2.45) is 17.0 Å². The van der Waals surface area contributed by atoms with Crippen LogP contribution in [-0.4, -0.2) is 46.0 Å². The lowest BCUT2D eigenvalue weighted by atomic mass is 10.0. The van der Waals surface area contributed by atoms with Crippen molar-refractivity contribution in [3.05, 3.63) is 40.3 Å². The Morgan fingerprint density at radius 2 is 2.08 bits per heavy atom. The van der Waals surface area contributed by atoms with E-state index < -0.39 is 10.0 Å². The normalized spacial score (nSPS) is 18.4. The van der Waals surface area contributed by atoms with Crippen LogP contribution in [-0.2, 0) is 16.4 Å². The zero-order valence-corrected chi connectivity index (χ0v) is 15.7. The van der Waals surface area contributed by atoms with Gasteiger partial charge in [0, 0.05) is 31.1 Å². The summed E-state index contributed by atoms with van der Waals surface area (Å²) in [7, 11) is -3.47. The summed E-state index contributed by atoms with van der Waals surface area (Å²) in [5, 5.41) is 3.61. The highest BCUT2D eigenvalue weighted by Crippen LogP contribution is 2.16. The zero-order valence-electron chi connectivity index (χ0n) is 14.9. The second-order valence-corrected chi connectivity index (χ2v) is 8.78. The van der Waals surface area contributed by atoms with Crippen LogP contribution in [0, 0.1) is 11.8 Å². The molecule has 1 heterocycles. The van der Waals surface area contributed by atoms with Gasteiger partial charge in [0.15, 0.2) is 0 Å². The van der Waals surface area contributed by atoms with Crippen molar-refractivity contribution in [2.75, 3.05) is 32.7 Å². The molecule has 0 bridgehead atoms. The molecule has 0 spiro atoms. The number of likely N-dealkylation sites (tertiary alicyclic amines) is 1. The molecule has 1 aromatic carbocycles. The molecule has 0 aliphatic carbocycles. The van der Waals surface area contributed by atoms with Crippen molar-refractivity contribution in [2.45, 2.75) is 31.6 Å². The van der Waals surface area contributed by atoms with Crippen LogP contribution < -0.4 is 4.72 Å². The third kappa shape index (κ3) is 6.32. The zero-order chi connectivity index (χ0) is 18.3. The maximum atomic E-state index is 12.4. The Bertz CT molecular complexity index is 696. The van der Waals surface area contributed by atoms with Crippen LogP contribution in [0.1, 0.15) is 25.8 Å². The van der Waals surface area contributed by atoms with E-state index in [-0.39, 0.29) is 0 Å². The van der Waals surface area contributed by atoms with Gasteiger partial charge < -0.3 is 4.90 Å². The first-order valence-electron chi connectivity index (χ1n) is 8.72. The molecule has 7 nitrogen and oxygen atoms in total. The quantitative estimate of drug-likeness (QED) is 0.414. The monoisotopic (exact) mass is 365 g/mol. The highest BCUT2D eigenvalue weighted by Gasteiger charge is 2.22. The molecule has 1 saturated heterocycles. The minimum Gasteiger partial charge on any atom is -0.302 e. The number of hydrogen-bond donors (Lipinski definition) is 1. The summed E-state index contributed by atoms with van der Waals surface area (Å²) < 4.78 is 27.4. The summed E-state index contributed by atoms with van der Waals surface area (Å²) >= 11 is 0. The number of benzene rings is 1. The highest BCUT2D eigenvalue weighted by atomic mass is 32.2. The molecule has 1 aliphatic rings. The fourth-order valence-electron chi connectivity index (χ4n) is 3.11. The molecule has 1 aliphatic heterocycles. The van der Waals surface area contributed by atoms with Crippen LogP contribution in [0.5, 0.6) is 0 Å². The standard InChI is InChI=1S/C17H27N5O2S/c1-14(2)11-15-3-5-17(6-4-15)25(23,24)20-8-10-22-9-7-16(13-22)12-19-21-18/h3-6,14,16,20H,7-13H2,1-2H3/t16-/m0/s1. The van der Waals surface area contributed by atoms with E-state index in [1.165, 1.54) is 0 Å². The first-order valence-corrected chi connectivity index (χ1v) is 10.2. The fraction of sp³-hybridized carbons (Fsp3) is 0.647. The summed E-state index contributed by atoms with van der Waals surface area (Å²) in [5.74, 6) is 0.921. The first-order chi connectivity index (χ1) is 11.9. The highest BCUT2D eigenvalue weighted by molar-refractivity contribution is 7.89. The SMILES string of the molecule is CC(C)Cc1ccc(S(=O)(=O)NCCN2CC[C@@H](CN=[N+]=[N-])C2)cc1. The molecule has 25 heavy (non-hydrogen) atoms. The smallest absolute Gasteiger partial charge is 0.240 e. The van der Waals surface area contributed by atoms with Gasteiger partial charge in [0.1, 0.15) is 0 Å². The van der Waals surface area contributed by atoms with Gasteiger partial charge in [0.05, 0.1) is 4.90 Å². The Kier molecular flexibility index (Phi) is 7.25. The van der Waals surface area contributed by atoms with Crippen molar-refractivity contribution in [1.82, 2.24) is 9.62 Å². The molecule has 0 amide bonds. The van der Waals surface area contributed by atoms with E-state index >= 15 is 0 Å². The maximum absolute atomic E-state index is 12.4. The van der Waals surface area contributed by atoms with Gasteiger partial charge in [-0.3, -0.25) is 0 Å². The van der Waals surface area contributed by atoms with Gasteiger partial charge in [-0.2, -0.15) is 0 Å². The van der Waals surface area contributed by atoms with Crippen LogP contribution in [0.4, 0.5) is 0 Å². The van der Waals surface area contributed by atoms with Gasteiger partial charge in [-0.25, -0.2) is 13.1 Å². The van der Waals surface area contributed by atoms with E-state index in [0.717, 1.165) is 31.5 Å². The molecule has 8 heteroatoms. The summed E-state index contributed by atoms with van der Waals surface area (Å²) in [4.78, 5) is 5.30. The van der Waals surface area contributed by atoms with Gasteiger partial charge in [0.2, 0.25) is 10.0 Å². The van der Waals surface area contributed by atoms with Crippen molar-refractivity contribution >= 4 is 10.0 Å². The number of nitrogens with zero attached hydrogens (tertiary/aromatic N) is 4. The fourth-order valence-corrected chi connectivity index (χ4v) is 4.14. The average molecular weight is 366 g/mol. The van der Waals surface area contributed by atoms with E-state index in [0.29, 0.717) is 36.4 Å². The Morgan fingerprint density at radius 1 is 1.36 bits per heavy atom. The summed E-state index contributed by atoms with van der Waals surface area (Å²) in [6.45, 7) is 7.61. The largest absolute Gasteiger partial charge is 0.302 e. The van der Waals surface area contributed by atoms with Gasteiger partial charge in [0.25, 0.3) is 0 Å². The summed E-state index contributed by atoms with van der Waals surface area (Å²) in [5.41, 5.74) is 9.51. The topological polar surface area (TPSA) is 98.2 Å². The maximum Gasteiger partial charge on any atom is 0.240 e. The average Bonchev–Trinajstić information content (AvgIpc) is 3.00. The number of nitrogens with one attached hydrogen (secondary N) is 1. The molecular formula is C17H27N5O2S. The van der Waals surface area contributed by atoms with Crippen molar-refractivity contribution in [3.8, 4) is 0 Å². The number of azide groups is 1. The molecule has 1 atom stereocenters. The van der Waals surface area contributed by atoms with E-state index in [1.54, 1.807) is 12.1 Å². The number of sulfonamides is 1. The van der Waals surface area contributed by atoms with Crippen molar-refractivity contribution in [3.63, 3.8) is 0 Å². The predicted molar refractivity (Wildman–Crippen MR) is 98.7 cm³/mol. The lowest BCUT2D eigenvalue weighted by Crippen LogP contribution is -2.34. The molecule has 138 valence electrons. The van der Waals surface area contributed by atoms with E-state index in [4.69, 9.17) is 5.53 Å². The van der Waals surface area contributed by atoms with Crippen molar-refractivity contribution in [1.29, 1.82) is 0 Å². The van der Waals surface area contributed by atoms with Crippen LogP contribution >= 0.6 is 0 Å². The molecular weight excluding hydrogens is 338 g/mol. The molecule has 2 rings (SSSR count). The summed E-state index contributed by atoms with van der Waals surface area (Å²) in [6, 6.07) is 7.11. The van der Waals surface area contributed by atoms with Crippen LogP contribution in [0.2, 0.25) is 0 Å². The molecule has 0 radical (unpaired) electrons. The molecule has 1 aromatic rings. The van der Waals surface area contributed by atoms with Crippen molar-refractivity contribution < 1.29 is 8.42 Å². The Labute approximate surface area is 150 Å². The van der Waals surface area contributed by atoms with Gasteiger partial charge in [-0.1, -0.05) is 31.1 Å². The van der Waals surface area contributed by atoms with E-state index in [1.807, 2.05) is 12.1 Å². The third-order valence-electron chi connectivity index (χ3n) is 4.37. The Hall–Kier alpha value is -1.60. The summed E-state index contributed by atoms with van der Waals surface area (Å²) in [6.07, 6.45) is 1.93. The van der Waals surface area contributed by atoms with Crippen LogP contribution in [0.15, 0.2) is 34.3 Å². The number of hydrogen-bond acceptors (Lipinski definition) is 4. The molecule has 0 unspecified atom stereocenters. The Balaban J connectivity index is 1.80. The van der Waals surface area contributed by atoms with Gasteiger partial charge >= 0.3 is 0 Å². The predicted octanol–water partition coefficient (Wildman–Crippen LogP) is 2.80. The van der Waals surface area contributed by atoms with E-state index in [2.05, 4.69) is 33.5 Å². The second-order valence-electron chi connectivity index (χ2n) is 7.01. The molecule has 1 N–H and O–H groups in total. The number of rotatable bonds is 9. The Morgan fingerprint density at radius 3 is 2.72 bits per heavy atom. The minimum atomic E-state index is -3.47. The molecule has 0 aromatic heterocycles. The second kappa shape index (κ2) is 9.20. The molecule has 1 fully saturated rings. The van der Waals surface area contributed by atoms with Crippen LogP contribution in [0.3, 0.4) is 0 Å². The minimum absolute atomic E-state index is 0.308. The molecule has 0 saturated carbocycles. The lowest BCUT2D eigenvalue weighted by Gasteiger charge is -2.16. The first kappa shape index (κ1) is 19.7. The van der Waals surface area contributed by atoms with E-state index in [9.17, 15) is 8.42 Å².